The zero-order chi connectivity index (χ0) is 14.5. The van der Waals surface area contributed by atoms with E-state index >= 15 is 0 Å². The fraction of sp³-hybridized carbons (Fsp3) is 0.500. The first-order valence-electron chi connectivity index (χ1n) is 6.90. The summed E-state index contributed by atoms with van der Waals surface area (Å²) in [6.45, 7) is 7.52. The minimum atomic E-state index is 0.0364. The summed E-state index contributed by atoms with van der Waals surface area (Å²) in [4.78, 5) is 4.79. The largest absolute Gasteiger partial charge is 0.409 e. The summed E-state index contributed by atoms with van der Waals surface area (Å²) in [6.07, 6.45) is 1.19. The third-order valence-electron chi connectivity index (χ3n) is 3.61. The SMILES string of the molecule is CCCN1CCN(c2ccc(C(N)=NO)c(Cl)c2)CC1. The van der Waals surface area contributed by atoms with Crippen molar-refractivity contribution < 1.29 is 5.21 Å². The zero-order valence-electron chi connectivity index (χ0n) is 11.7. The Hall–Kier alpha value is -1.46. The molecule has 1 aliphatic rings. The molecule has 0 amide bonds. The van der Waals surface area contributed by atoms with Crippen molar-refractivity contribution in [2.45, 2.75) is 13.3 Å². The number of benzene rings is 1. The van der Waals surface area contributed by atoms with Gasteiger partial charge in [-0.15, -0.1) is 0 Å². The van der Waals surface area contributed by atoms with Crippen LogP contribution in [0.5, 0.6) is 0 Å². The monoisotopic (exact) mass is 296 g/mol. The molecule has 0 unspecified atom stereocenters. The van der Waals surface area contributed by atoms with Gasteiger partial charge < -0.3 is 15.8 Å². The molecular formula is C14H21ClN4O. The van der Waals surface area contributed by atoms with Crippen LogP contribution in [0.15, 0.2) is 23.4 Å². The lowest BCUT2D eigenvalue weighted by molar-refractivity contribution is 0.258. The second-order valence-electron chi connectivity index (χ2n) is 4.98. The Balaban J connectivity index is 2.06. The summed E-state index contributed by atoms with van der Waals surface area (Å²) in [6, 6.07) is 5.64. The first-order chi connectivity index (χ1) is 9.65. The molecule has 1 aromatic carbocycles. The van der Waals surface area contributed by atoms with Crippen LogP contribution in [-0.4, -0.2) is 48.7 Å². The van der Waals surface area contributed by atoms with Gasteiger partial charge in [-0.05, 0) is 31.2 Å². The second kappa shape index (κ2) is 6.81. The van der Waals surface area contributed by atoms with Gasteiger partial charge in [0.05, 0.1) is 5.02 Å². The van der Waals surface area contributed by atoms with Gasteiger partial charge in [0, 0.05) is 37.4 Å². The van der Waals surface area contributed by atoms with E-state index in [2.05, 4.69) is 21.9 Å². The first kappa shape index (κ1) is 14.9. The quantitative estimate of drug-likeness (QED) is 0.386. The molecule has 0 spiro atoms. The molecule has 0 radical (unpaired) electrons. The molecule has 1 fully saturated rings. The van der Waals surface area contributed by atoms with Gasteiger partial charge in [0.25, 0.3) is 0 Å². The topological polar surface area (TPSA) is 65.1 Å². The van der Waals surface area contributed by atoms with E-state index in [0.717, 1.165) is 38.4 Å². The smallest absolute Gasteiger partial charge is 0.171 e. The van der Waals surface area contributed by atoms with Crippen LogP contribution in [0.2, 0.25) is 5.02 Å². The van der Waals surface area contributed by atoms with E-state index in [4.69, 9.17) is 22.5 Å². The molecule has 0 bridgehead atoms. The van der Waals surface area contributed by atoms with E-state index in [9.17, 15) is 0 Å². The highest BCUT2D eigenvalue weighted by molar-refractivity contribution is 6.34. The van der Waals surface area contributed by atoms with Crippen molar-refractivity contribution >= 4 is 23.1 Å². The summed E-state index contributed by atoms with van der Waals surface area (Å²) in [7, 11) is 0. The summed E-state index contributed by atoms with van der Waals surface area (Å²) in [5, 5.41) is 12.2. The van der Waals surface area contributed by atoms with Gasteiger partial charge in [0.15, 0.2) is 5.84 Å². The average molecular weight is 297 g/mol. The summed E-state index contributed by atoms with van der Waals surface area (Å²) in [5.41, 5.74) is 7.21. The minimum absolute atomic E-state index is 0.0364. The molecule has 3 N–H and O–H groups in total. The highest BCUT2D eigenvalue weighted by Crippen LogP contribution is 2.24. The molecule has 1 saturated heterocycles. The Labute approximate surface area is 124 Å². The van der Waals surface area contributed by atoms with Gasteiger partial charge >= 0.3 is 0 Å². The Bertz CT molecular complexity index is 484. The van der Waals surface area contributed by atoms with Gasteiger partial charge in [-0.25, -0.2) is 0 Å². The molecule has 1 aromatic rings. The third-order valence-corrected chi connectivity index (χ3v) is 3.93. The van der Waals surface area contributed by atoms with Crippen molar-refractivity contribution in [3.63, 3.8) is 0 Å². The molecule has 5 nitrogen and oxygen atoms in total. The Morgan fingerprint density at radius 1 is 1.35 bits per heavy atom. The van der Waals surface area contributed by atoms with E-state index in [0.29, 0.717) is 10.6 Å². The van der Waals surface area contributed by atoms with Gasteiger partial charge in [-0.3, -0.25) is 4.90 Å². The molecule has 1 aliphatic heterocycles. The van der Waals surface area contributed by atoms with E-state index in [-0.39, 0.29) is 5.84 Å². The van der Waals surface area contributed by atoms with E-state index in [1.807, 2.05) is 12.1 Å². The van der Waals surface area contributed by atoms with Crippen molar-refractivity contribution in [2.24, 2.45) is 10.9 Å². The van der Waals surface area contributed by atoms with Crippen LogP contribution in [-0.2, 0) is 0 Å². The van der Waals surface area contributed by atoms with Gasteiger partial charge in [-0.1, -0.05) is 23.7 Å². The van der Waals surface area contributed by atoms with Crippen LogP contribution < -0.4 is 10.6 Å². The van der Waals surface area contributed by atoms with Crippen molar-refractivity contribution in [2.75, 3.05) is 37.6 Å². The first-order valence-corrected chi connectivity index (χ1v) is 7.28. The van der Waals surface area contributed by atoms with E-state index < -0.39 is 0 Å². The molecule has 6 heteroatoms. The van der Waals surface area contributed by atoms with Gasteiger partial charge in [0.2, 0.25) is 0 Å². The number of halogens is 1. The second-order valence-corrected chi connectivity index (χ2v) is 5.39. The van der Waals surface area contributed by atoms with Crippen LogP contribution in [0.3, 0.4) is 0 Å². The van der Waals surface area contributed by atoms with E-state index in [1.54, 1.807) is 6.07 Å². The average Bonchev–Trinajstić information content (AvgIpc) is 2.47. The normalized spacial score (nSPS) is 17.5. The number of hydrogen-bond donors (Lipinski definition) is 2. The minimum Gasteiger partial charge on any atom is -0.409 e. The van der Waals surface area contributed by atoms with Crippen LogP contribution in [0.25, 0.3) is 0 Å². The maximum absolute atomic E-state index is 8.70. The number of oxime groups is 1. The van der Waals surface area contributed by atoms with Crippen molar-refractivity contribution in [3.05, 3.63) is 28.8 Å². The number of amidine groups is 1. The molecule has 0 atom stereocenters. The molecule has 0 aliphatic carbocycles. The fourth-order valence-corrected chi connectivity index (χ4v) is 2.78. The number of piperazine rings is 1. The highest BCUT2D eigenvalue weighted by atomic mass is 35.5. The molecule has 110 valence electrons. The lowest BCUT2D eigenvalue weighted by Gasteiger charge is -2.36. The number of nitrogens with zero attached hydrogens (tertiary/aromatic N) is 3. The number of nitrogens with two attached hydrogens (primary N) is 1. The van der Waals surface area contributed by atoms with Crippen LogP contribution in [0.4, 0.5) is 5.69 Å². The molecular weight excluding hydrogens is 276 g/mol. The predicted molar refractivity (Wildman–Crippen MR) is 82.9 cm³/mol. The summed E-state index contributed by atoms with van der Waals surface area (Å²) in [5.74, 6) is 0.0364. The Morgan fingerprint density at radius 2 is 2.05 bits per heavy atom. The van der Waals surface area contributed by atoms with Crippen LogP contribution >= 0.6 is 11.6 Å². The maximum Gasteiger partial charge on any atom is 0.171 e. The number of hydrogen-bond acceptors (Lipinski definition) is 4. The summed E-state index contributed by atoms with van der Waals surface area (Å²) >= 11 is 6.19. The van der Waals surface area contributed by atoms with Crippen LogP contribution in [0.1, 0.15) is 18.9 Å². The molecule has 1 heterocycles. The maximum atomic E-state index is 8.70. The standard InChI is InChI=1S/C14H21ClN4O/c1-2-5-18-6-8-19(9-7-18)11-3-4-12(13(15)10-11)14(16)17-20/h3-4,10,20H,2,5-9H2,1H3,(H2,16,17). The lowest BCUT2D eigenvalue weighted by atomic mass is 10.1. The molecule has 0 aromatic heterocycles. The lowest BCUT2D eigenvalue weighted by Crippen LogP contribution is -2.46. The van der Waals surface area contributed by atoms with Crippen LogP contribution in [0, 0.1) is 0 Å². The molecule has 0 saturated carbocycles. The van der Waals surface area contributed by atoms with Gasteiger partial charge in [0.1, 0.15) is 0 Å². The predicted octanol–water partition coefficient (Wildman–Crippen LogP) is 1.97. The molecule has 20 heavy (non-hydrogen) atoms. The van der Waals surface area contributed by atoms with Crippen molar-refractivity contribution in [3.8, 4) is 0 Å². The molecule has 2 rings (SSSR count). The number of anilines is 1. The summed E-state index contributed by atoms with van der Waals surface area (Å²) < 4.78 is 0. The third kappa shape index (κ3) is 3.35. The van der Waals surface area contributed by atoms with Crippen molar-refractivity contribution in [1.29, 1.82) is 0 Å². The fourth-order valence-electron chi connectivity index (χ4n) is 2.51. The van der Waals surface area contributed by atoms with E-state index in [1.165, 1.54) is 6.42 Å². The Kier molecular flexibility index (Phi) is 5.09. The number of rotatable bonds is 4. The zero-order valence-corrected chi connectivity index (χ0v) is 12.5. The highest BCUT2D eigenvalue weighted by Gasteiger charge is 2.17. The Morgan fingerprint density at radius 3 is 2.60 bits per heavy atom. The van der Waals surface area contributed by atoms with Gasteiger partial charge in [-0.2, -0.15) is 0 Å². The van der Waals surface area contributed by atoms with Crippen molar-refractivity contribution in [1.82, 2.24) is 4.90 Å².